The van der Waals surface area contributed by atoms with Crippen molar-refractivity contribution in [2.24, 2.45) is 0 Å². The number of benzene rings is 1. The molecule has 4 rings (SSSR count). The van der Waals surface area contributed by atoms with Crippen LogP contribution >= 0.6 is 11.3 Å². The number of rotatable bonds is 6. The van der Waals surface area contributed by atoms with Crippen molar-refractivity contribution in [3.8, 4) is 0 Å². The first kappa shape index (κ1) is 21.9. The van der Waals surface area contributed by atoms with Crippen LogP contribution < -0.4 is 5.32 Å². The summed E-state index contributed by atoms with van der Waals surface area (Å²) >= 11 is 1.43. The van der Waals surface area contributed by atoms with Gasteiger partial charge in [-0.25, -0.2) is 8.42 Å². The Balaban J connectivity index is 1.30. The van der Waals surface area contributed by atoms with Gasteiger partial charge in [-0.3, -0.25) is 14.5 Å². The second-order valence-electron chi connectivity index (χ2n) is 7.73. The molecule has 2 saturated heterocycles. The molecule has 3 heterocycles. The Morgan fingerprint density at radius 3 is 2.39 bits per heavy atom. The van der Waals surface area contributed by atoms with Crippen LogP contribution in [0.3, 0.4) is 0 Å². The first-order valence-corrected chi connectivity index (χ1v) is 12.7. The van der Waals surface area contributed by atoms with E-state index in [9.17, 15) is 18.0 Å². The van der Waals surface area contributed by atoms with Gasteiger partial charge in [-0.05, 0) is 42.5 Å². The van der Waals surface area contributed by atoms with Crippen molar-refractivity contribution in [2.75, 3.05) is 51.1 Å². The lowest BCUT2D eigenvalue weighted by atomic mass is 10.2. The van der Waals surface area contributed by atoms with Crippen LogP contribution in [-0.4, -0.2) is 80.2 Å². The molecular formula is C21H26N4O4S2. The number of nitrogens with one attached hydrogen (secondary N) is 1. The van der Waals surface area contributed by atoms with Crippen molar-refractivity contribution in [1.29, 1.82) is 0 Å². The summed E-state index contributed by atoms with van der Waals surface area (Å²) in [7, 11) is -3.52. The molecule has 0 saturated carbocycles. The summed E-state index contributed by atoms with van der Waals surface area (Å²) in [6, 6.07) is 10.1. The quantitative estimate of drug-likeness (QED) is 0.709. The number of hydrogen-bond donors (Lipinski definition) is 1. The molecule has 2 aromatic rings. The van der Waals surface area contributed by atoms with Gasteiger partial charge in [0, 0.05) is 45.0 Å². The standard InChI is InChI=1S/C21H26N4O4S2/c26-20(16-23-10-12-24(13-11-23)21(27)19-7-4-14-30-19)22-17-5-3-6-18(15-17)31(28,29)25-8-1-2-9-25/h3-7,14-15H,1-2,8-13,16H2,(H,22,26). The smallest absolute Gasteiger partial charge is 0.264 e. The van der Waals surface area contributed by atoms with Gasteiger partial charge in [0.2, 0.25) is 15.9 Å². The van der Waals surface area contributed by atoms with Crippen molar-refractivity contribution in [3.63, 3.8) is 0 Å². The number of anilines is 1. The molecule has 10 heteroatoms. The average molecular weight is 463 g/mol. The van der Waals surface area contributed by atoms with Gasteiger partial charge in [-0.2, -0.15) is 4.31 Å². The number of sulfonamides is 1. The third kappa shape index (κ3) is 5.15. The predicted molar refractivity (Wildman–Crippen MR) is 120 cm³/mol. The zero-order chi connectivity index (χ0) is 21.8. The first-order chi connectivity index (χ1) is 14.9. The Kier molecular flexibility index (Phi) is 6.71. The number of hydrogen-bond acceptors (Lipinski definition) is 6. The summed E-state index contributed by atoms with van der Waals surface area (Å²) in [5.74, 6) is -0.163. The van der Waals surface area contributed by atoms with Gasteiger partial charge in [-0.1, -0.05) is 12.1 Å². The number of nitrogens with zero attached hydrogens (tertiary/aromatic N) is 3. The Morgan fingerprint density at radius 2 is 1.71 bits per heavy atom. The molecule has 1 aromatic heterocycles. The monoisotopic (exact) mass is 462 g/mol. The third-order valence-electron chi connectivity index (χ3n) is 5.58. The van der Waals surface area contributed by atoms with Crippen molar-refractivity contribution in [2.45, 2.75) is 17.7 Å². The summed E-state index contributed by atoms with van der Waals surface area (Å²) in [4.78, 5) is 29.7. The summed E-state index contributed by atoms with van der Waals surface area (Å²) in [5.41, 5.74) is 0.469. The molecule has 31 heavy (non-hydrogen) atoms. The molecule has 0 unspecified atom stereocenters. The molecule has 1 aromatic carbocycles. The maximum absolute atomic E-state index is 12.7. The molecule has 0 aliphatic carbocycles. The molecule has 2 aliphatic heterocycles. The fourth-order valence-electron chi connectivity index (χ4n) is 3.88. The fourth-order valence-corrected chi connectivity index (χ4v) is 6.13. The third-order valence-corrected chi connectivity index (χ3v) is 8.33. The Hall–Kier alpha value is -2.27. The minimum atomic E-state index is -3.52. The van der Waals surface area contributed by atoms with Crippen LogP contribution in [0.1, 0.15) is 22.5 Å². The van der Waals surface area contributed by atoms with Crippen LogP contribution in [0.5, 0.6) is 0 Å². The van der Waals surface area contributed by atoms with Crippen molar-refractivity contribution in [1.82, 2.24) is 14.1 Å². The van der Waals surface area contributed by atoms with E-state index in [-0.39, 0.29) is 23.3 Å². The molecule has 0 radical (unpaired) electrons. The summed E-state index contributed by atoms with van der Waals surface area (Å²) < 4.78 is 27.0. The summed E-state index contributed by atoms with van der Waals surface area (Å²) in [5, 5.41) is 4.69. The SMILES string of the molecule is O=C(CN1CCN(C(=O)c2cccs2)CC1)Nc1cccc(S(=O)(=O)N2CCCC2)c1. The Bertz CT molecular complexity index is 1030. The predicted octanol–water partition coefficient (Wildman–Crippen LogP) is 1.93. The normalized spacial score (nSPS) is 18.3. The molecule has 2 fully saturated rings. The van der Waals surface area contributed by atoms with E-state index in [0.717, 1.165) is 17.7 Å². The van der Waals surface area contributed by atoms with E-state index in [4.69, 9.17) is 0 Å². The average Bonchev–Trinajstić information content (AvgIpc) is 3.48. The Labute approximate surface area is 186 Å². The lowest BCUT2D eigenvalue weighted by molar-refractivity contribution is -0.117. The van der Waals surface area contributed by atoms with Gasteiger partial charge in [0.05, 0.1) is 16.3 Å². The van der Waals surface area contributed by atoms with E-state index in [2.05, 4.69) is 5.32 Å². The largest absolute Gasteiger partial charge is 0.335 e. The zero-order valence-corrected chi connectivity index (χ0v) is 18.8. The van der Waals surface area contributed by atoms with Crippen molar-refractivity contribution < 1.29 is 18.0 Å². The van der Waals surface area contributed by atoms with Crippen LogP contribution in [-0.2, 0) is 14.8 Å². The van der Waals surface area contributed by atoms with Gasteiger partial charge in [-0.15, -0.1) is 11.3 Å². The molecule has 166 valence electrons. The van der Waals surface area contributed by atoms with E-state index in [1.807, 2.05) is 27.3 Å². The highest BCUT2D eigenvalue weighted by atomic mass is 32.2. The van der Waals surface area contributed by atoms with E-state index in [0.29, 0.717) is 45.0 Å². The molecule has 2 aliphatic rings. The molecule has 0 bridgehead atoms. The summed E-state index contributed by atoms with van der Waals surface area (Å²) in [6.07, 6.45) is 1.75. The van der Waals surface area contributed by atoms with Gasteiger partial charge in [0.25, 0.3) is 5.91 Å². The van der Waals surface area contributed by atoms with Gasteiger partial charge < -0.3 is 10.2 Å². The van der Waals surface area contributed by atoms with Crippen LogP contribution in [0.4, 0.5) is 5.69 Å². The van der Waals surface area contributed by atoms with Crippen LogP contribution in [0.2, 0.25) is 0 Å². The van der Waals surface area contributed by atoms with E-state index < -0.39 is 10.0 Å². The topological polar surface area (TPSA) is 90.0 Å². The van der Waals surface area contributed by atoms with Gasteiger partial charge in [0.15, 0.2) is 0 Å². The molecule has 1 N–H and O–H groups in total. The minimum Gasteiger partial charge on any atom is -0.335 e. The summed E-state index contributed by atoms with van der Waals surface area (Å²) in [6.45, 7) is 3.67. The van der Waals surface area contributed by atoms with E-state index in [1.165, 1.54) is 21.7 Å². The number of thiophene rings is 1. The second kappa shape index (κ2) is 9.47. The van der Waals surface area contributed by atoms with Crippen molar-refractivity contribution in [3.05, 3.63) is 46.7 Å². The van der Waals surface area contributed by atoms with Gasteiger partial charge >= 0.3 is 0 Å². The minimum absolute atomic E-state index is 0.0372. The molecule has 0 spiro atoms. The zero-order valence-electron chi connectivity index (χ0n) is 17.2. The fraction of sp³-hybridized carbons (Fsp3) is 0.429. The highest BCUT2D eigenvalue weighted by Gasteiger charge is 2.27. The highest BCUT2D eigenvalue weighted by Crippen LogP contribution is 2.23. The van der Waals surface area contributed by atoms with Crippen molar-refractivity contribution >= 4 is 38.9 Å². The molecule has 2 amide bonds. The number of amides is 2. The Morgan fingerprint density at radius 1 is 0.968 bits per heavy atom. The van der Waals surface area contributed by atoms with Gasteiger partial charge in [0.1, 0.15) is 0 Å². The maximum Gasteiger partial charge on any atom is 0.264 e. The lowest BCUT2D eigenvalue weighted by Crippen LogP contribution is -2.50. The molecular weight excluding hydrogens is 436 g/mol. The van der Waals surface area contributed by atoms with Crippen LogP contribution in [0, 0.1) is 0 Å². The van der Waals surface area contributed by atoms with E-state index in [1.54, 1.807) is 18.2 Å². The van der Waals surface area contributed by atoms with Crippen LogP contribution in [0.25, 0.3) is 0 Å². The number of carbonyl (C=O) groups is 2. The lowest BCUT2D eigenvalue weighted by Gasteiger charge is -2.34. The second-order valence-corrected chi connectivity index (χ2v) is 10.6. The molecule has 0 atom stereocenters. The number of piperazine rings is 1. The van der Waals surface area contributed by atoms with Crippen LogP contribution in [0.15, 0.2) is 46.7 Å². The highest BCUT2D eigenvalue weighted by molar-refractivity contribution is 7.89. The van der Waals surface area contributed by atoms with E-state index >= 15 is 0 Å². The number of carbonyl (C=O) groups excluding carboxylic acids is 2. The molecule has 8 nitrogen and oxygen atoms in total. The first-order valence-electron chi connectivity index (χ1n) is 10.4. The maximum atomic E-state index is 12.7.